The minimum atomic E-state index is -0.807. The Kier molecular flexibility index (Phi) is 5.14. The summed E-state index contributed by atoms with van der Waals surface area (Å²) in [4.78, 5) is 28.4. The second-order valence-corrected chi connectivity index (χ2v) is 6.73. The van der Waals surface area contributed by atoms with Crippen LogP contribution in [0.5, 0.6) is 0 Å². The zero-order valence-corrected chi connectivity index (χ0v) is 13.6. The summed E-state index contributed by atoms with van der Waals surface area (Å²) in [7, 11) is 0. The number of aryl methyl sites for hydroxylation is 2. The molecule has 1 aromatic rings. The molecule has 118 valence electrons. The summed E-state index contributed by atoms with van der Waals surface area (Å²) in [6, 6.07) is 2.20. The van der Waals surface area contributed by atoms with Gasteiger partial charge in [0.15, 0.2) is 6.61 Å². The lowest BCUT2D eigenvalue weighted by molar-refractivity contribution is -0.125. The predicted octanol–water partition coefficient (Wildman–Crippen LogP) is 2.26. The number of nitrogens with one attached hydrogen (secondary N) is 1. The third kappa shape index (κ3) is 3.83. The van der Waals surface area contributed by atoms with Crippen molar-refractivity contribution in [1.82, 2.24) is 10.3 Å². The first-order chi connectivity index (χ1) is 10.5. The van der Waals surface area contributed by atoms with Crippen LogP contribution in [0.15, 0.2) is 0 Å². The van der Waals surface area contributed by atoms with Crippen molar-refractivity contribution in [3.63, 3.8) is 0 Å². The summed E-state index contributed by atoms with van der Waals surface area (Å²) in [5.41, 5.74) is -0.202. The Morgan fingerprint density at radius 2 is 2.05 bits per heavy atom. The summed E-state index contributed by atoms with van der Waals surface area (Å²) in [6.45, 7) is 3.16. The number of thiazole rings is 1. The maximum absolute atomic E-state index is 11.9. The molecule has 0 aromatic carbocycles. The molecule has 2 rings (SSSR count). The molecule has 0 saturated heterocycles. The molecule has 0 radical (unpaired) electrons. The molecule has 1 N–H and O–H groups in total. The van der Waals surface area contributed by atoms with E-state index in [9.17, 15) is 14.9 Å². The number of carbonyl (C=O) groups excluding carboxylic acids is 2. The van der Waals surface area contributed by atoms with Gasteiger partial charge in [-0.25, -0.2) is 9.78 Å². The maximum atomic E-state index is 11.9. The van der Waals surface area contributed by atoms with E-state index in [0.29, 0.717) is 23.4 Å². The van der Waals surface area contributed by atoms with Gasteiger partial charge in [-0.15, -0.1) is 11.3 Å². The molecule has 1 saturated carbocycles. The topological polar surface area (TPSA) is 92.1 Å². The number of nitrogens with zero attached hydrogens (tertiary/aromatic N) is 2. The molecule has 1 heterocycles. The second-order valence-electron chi connectivity index (χ2n) is 5.53. The summed E-state index contributed by atoms with van der Waals surface area (Å²) in [5.74, 6) is -0.983. The summed E-state index contributed by atoms with van der Waals surface area (Å²) < 4.78 is 5.03. The minimum Gasteiger partial charge on any atom is -0.451 e. The van der Waals surface area contributed by atoms with Crippen LogP contribution in [-0.2, 0) is 9.53 Å². The Balaban J connectivity index is 1.88. The molecule has 0 aliphatic heterocycles. The monoisotopic (exact) mass is 321 g/mol. The Morgan fingerprint density at radius 3 is 2.59 bits per heavy atom. The van der Waals surface area contributed by atoms with Gasteiger partial charge in [0.05, 0.1) is 16.8 Å². The van der Waals surface area contributed by atoms with Gasteiger partial charge in [0.1, 0.15) is 10.4 Å². The molecule has 1 aromatic heterocycles. The number of hydrogen-bond acceptors (Lipinski definition) is 6. The molecule has 7 heteroatoms. The van der Waals surface area contributed by atoms with Crippen LogP contribution in [0.1, 0.15) is 52.5 Å². The fraction of sp³-hybridized carbons (Fsp3) is 0.600. The van der Waals surface area contributed by atoms with E-state index in [4.69, 9.17) is 4.74 Å². The van der Waals surface area contributed by atoms with Gasteiger partial charge < -0.3 is 10.1 Å². The second kappa shape index (κ2) is 6.88. The van der Waals surface area contributed by atoms with Crippen molar-refractivity contribution in [1.29, 1.82) is 5.26 Å². The van der Waals surface area contributed by atoms with Crippen LogP contribution in [-0.4, -0.2) is 29.0 Å². The Morgan fingerprint density at radius 1 is 1.36 bits per heavy atom. The number of nitriles is 1. The first-order valence-corrected chi connectivity index (χ1v) is 8.11. The lowest BCUT2D eigenvalue weighted by Crippen LogP contribution is -2.50. The highest BCUT2D eigenvalue weighted by molar-refractivity contribution is 7.13. The number of ether oxygens (including phenoxy) is 1. The number of carbonyl (C=O) groups is 2. The van der Waals surface area contributed by atoms with Crippen molar-refractivity contribution in [3.8, 4) is 6.07 Å². The SMILES string of the molecule is Cc1nc(C)c(C(=O)OCC(=O)NC2(C#N)CCCCC2)s1. The number of amides is 1. The minimum absolute atomic E-state index is 0.376. The molecule has 0 unspecified atom stereocenters. The molecule has 0 bridgehead atoms. The quantitative estimate of drug-likeness (QED) is 0.859. The first kappa shape index (κ1) is 16.4. The third-order valence-electron chi connectivity index (χ3n) is 3.72. The molecule has 1 aliphatic carbocycles. The number of hydrogen-bond donors (Lipinski definition) is 1. The molecule has 1 aliphatic rings. The Hall–Kier alpha value is -1.94. The summed E-state index contributed by atoms with van der Waals surface area (Å²) in [5, 5.41) is 12.8. The lowest BCUT2D eigenvalue weighted by Gasteiger charge is -2.31. The molecule has 0 atom stereocenters. The van der Waals surface area contributed by atoms with Gasteiger partial charge in [0.2, 0.25) is 0 Å². The molecular weight excluding hydrogens is 302 g/mol. The van der Waals surface area contributed by atoms with Gasteiger partial charge in [-0.2, -0.15) is 5.26 Å². The molecule has 0 spiro atoms. The highest BCUT2D eigenvalue weighted by atomic mass is 32.1. The van der Waals surface area contributed by atoms with Crippen LogP contribution in [0.25, 0.3) is 0 Å². The van der Waals surface area contributed by atoms with E-state index in [2.05, 4.69) is 16.4 Å². The average Bonchev–Trinajstić information content (AvgIpc) is 2.84. The van der Waals surface area contributed by atoms with E-state index >= 15 is 0 Å². The Labute approximate surface area is 133 Å². The third-order valence-corrected chi connectivity index (χ3v) is 4.78. The number of esters is 1. The van der Waals surface area contributed by atoms with E-state index in [1.165, 1.54) is 11.3 Å². The van der Waals surface area contributed by atoms with Gasteiger partial charge in [-0.3, -0.25) is 4.79 Å². The average molecular weight is 321 g/mol. The summed E-state index contributed by atoms with van der Waals surface area (Å²) >= 11 is 1.24. The fourth-order valence-electron chi connectivity index (χ4n) is 2.64. The number of aromatic nitrogens is 1. The van der Waals surface area contributed by atoms with Gasteiger partial charge in [0, 0.05) is 0 Å². The van der Waals surface area contributed by atoms with Crippen molar-refractivity contribution in [2.24, 2.45) is 0 Å². The van der Waals surface area contributed by atoms with Gasteiger partial charge >= 0.3 is 5.97 Å². The Bertz CT molecular complexity index is 612. The van der Waals surface area contributed by atoms with Crippen LogP contribution < -0.4 is 5.32 Å². The van der Waals surface area contributed by atoms with E-state index < -0.39 is 17.4 Å². The standard InChI is InChI=1S/C15H19N3O3S/c1-10-13(22-11(2)17-10)14(20)21-8-12(19)18-15(9-16)6-4-3-5-7-15/h3-8H2,1-2H3,(H,18,19). The first-order valence-electron chi connectivity index (χ1n) is 7.29. The van der Waals surface area contributed by atoms with E-state index in [0.717, 1.165) is 24.3 Å². The van der Waals surface area contributed by atoms with E-state index in [1.54, 1.807) is 13.8 Å². The van der Waals surface area contributed by atoms with Crippen molar-refractivity contribution >= 4 is 23.2 Å². The smallest absolute Gasteiger partial charge is 0.350 e. The van der Waals surface area contributed by atoms with Crippen LogP contribution in [0.2, 0.25) is 0 Å². The van der Waals surface area contributed by atoms with Crippen LogP contribution >= 0.6 is 11.3 Å². The predicted molar refractivity (Wildman–Crippen MR) is 81.4 cm³/mol. The van der Waals surface area contributed by atoms with Gasteiger partial charge in [0.25, 0.3) is 5.91 Å². The highest BCUT2D eigenvalue weighted by Gasteiger charge is 2.33. The highest BCUT2D eigenvalue weighted by Crippen LogP contribution is 2.27. The lowest BCUT2D eigenvalue weighted by atomic mass is 9.83. The number of rotatable bonds is 4. The maximum Gasteiger partial charge on any atom is 0.350 e. The zero-order valence-electron chi connectivity index (χ0n) is 12.8. The van der Waals surface area contributed by atoms with Crippen molar-refractivity contribution in [2.75, 3.05) is 6.61 Å². The molecule has 1 amide bonds. The van der Waals surface area contributed by atoms with E-state index in [-0.39, 0.29) is 6.61 Å². The zero-order chi connectivity index (χ0) is 16.2. The van der Waals surface area contributed by atoms with Crippen LogP contribution in [0, 0.1) is 25.2 Å². The summed E-state index contributed by atoms with van der Waals surface area (Å²) in [6.07, 6.45) is 4.23. The van der Waals surface area contributed by atoms with Crippen molar-refractivity contribution in [3.05, 3.63) is 15.6 Å². The van der Waals surface area contributed by atoms with E-state index in [1.807, 2.05) is 0 Å². The van der Waals surface area contributed by atoms with Gasteiger partial charge in [-0.05, 0) is 26.7 Å². The van der Waals surface area contributed by atoms with Gasteiger partial charge in [-0.1, -0.05) is 19.3 Å². The largest absolute Gasteiger partial charge is 0.451 e. The molecule has 1 fully saturated rings. The normalized spacial score (nSPS) is 16.6. The van der Waals surface area contributed by atoms with Crippen LogP contribution in [0.4, 0.5) is 0 Å². The van der Waals surface area contributed by atoms with Crippen LogP contribution in [0.3, 0.4) is 0 Å². The molecule has 22 heavy (non-hydrogen) atoms. The van der Waals surface area contributed by atoms with Crippen molar-refractivity contribution < 1.29 is 14.3 Å². The molecule has 6 nitrogen and oxygen atoms in total. The molecular formula is C15H19N3O3S. The fourth-order valence-corrected chi connectivity index (χ4v) is 3.45. The van der Waals surface area contributed by atoms with Crippen molar-refractivity contribution in [2.45, 2.75) is 51.5 Å².